The number of benzene rings is 1. The Morgan fingerprint density at radius 3 is 2.54 bits per heavy atom. The van der Waals surface area contributed by atoms with Crippen molar-refractivity contribution in [3.05, 3.63) is 39.3 Å². The van der Waals surface area contributed by atoms with Crippen LogP contribution in [0.15, 0.2) is 28.2 Å². The van der Waals surface area contributed by atoms with Crippen molar-refractivity contribution in [2.24, 2.45) is 12.1 Å². The zero-order valence-corrected chi connectivity index (χ0v) is 15.8. The van der Waals surface area contributed by atoms with Gasteiger partial charge in [0.2, 0.25) is 5.75 Å². The summed E-state index contributed by atoms with van der Waals surface area (Å²) in [5, 5.41) is 7.99. The summed E-state index contributed by atoms with van der Waals surface area (Å²) in [6.07, 6.45) is 3.83. The second-order valence-corrected chi connectivity index (χ2v) is 5.65. The van der Waals surface area contributed by atoms with Gasteiger partial charge < -0.3 is 14.2 Å². The highest BCUT2D eigenvalue weighted by Crippen LogP contribution is 2.38. The number of nitrogens with zero attached hydrogens (tertiary/aromatic N) is 3. The maximum absolute atomic E-state index is 11.7. The normalized spacial score (nSPS) is 10.8. The number of ether oxygens (including phenoxy) is 3. The van der Waals surface area contributed by atoms with E-state index in [1.165, 1.54) is 13.2 Å². The molecule has 0 aliphatic rings. The molecule has 0 spiro atoms. The third-order valence-electron chi connectivity index (χ3n) is 3.41. The lowest BCUT2D eigenvalue weighted by molar-refractivity contribution is 0.275. The van der Waals surface area contributed by atoms with Crippen LogP contribution in [0.4, 0.5) is 5.69 Å². The van der Waals surface area contributed by atoms with Crippen LogP contribution in [-0.2, 0) is 7.05 Å². The number of nitrogens with one attached hydrogen (secondary N) is 1. The van der Waals surface area contributed by atoms with E-state index in [2.05, 4.69) is 15.6 Å². The van der Waals surface area contributed by atoms with Crippen LogP contribution in [0.3, 0.4) is 0 Å². The van der Waals surface area contributed by atoms with E-state index in [0.29, 0.717) is 35.1 Å². The second-order valence-electron chi connectivity index (χ2n) is 5.27. The Kier molecular flexibility index (Phi) is 6.85. The topological polar surface area (TPSA) is 87.0 Å². The van der Waals surface area contributed by atoms with E-state index in [9.17, 15) is 4.79 Å². The average molecular weight is 381 g/mol. The van der Waals surface area contributed by atoms with E-state index in [1.54, 1.807) is 32.6 Å². The number of halogens is 1. The van der Waals surface area contributed by atoms with Crippen molar-refractivity contribution in [3.63, 3.8) is 0 Å². The van der Waals surface area contributed by atoms with Crippen molar-refractivity contribution in [2.75, 3.05) is 26.3 Å². The van der Waals surface area contributed by atoms with Crippen LogP contribution < -0.4 is 25.2 Å². The highest BCUT2D eigenvalue weighted by Gasteiger charge is 2.13. The smallest absolute Gasteiger partial charge is 0.287 e. The third-order valence-corrected chi connectivity index (χ3v) is 3.78. The lowest BCUT2D eigenvalue weighted by Gasteiger charge is -2.14. The summed E-state index contributed by atoms with van der Waals surface area (Å²) in [6, 6.07) is 3.53. The minimum atomic E-state index is -0.410. The zero-order valence-electron chi connectivity index (χ0n) is 15.1. The first-order valence-electron chi connectivity index (χ1n) is 7.91. The summed E-state index contributed by atoms with van der Waals surface area (Å²) in [6.45, 7) is 2.57. The summed E-state index contributed by atoms with van der Waals surface area (Å²) >= 11 is 5.98. The number of anilines is 1. The van der Waals surface area contributed by atoms with Gasteiger partial charge in [-0.1, -0.05) is 18.5 Å². The number of hydrogen-bond acceptors (Lipinski definition) is 7. The first-order valence-corrected chi connectivity index (χ1v) is 8.29. The van der Waals surface area contributed by atoms with Crippen LogP contribution in [0, 0.1) is 0 Å². The molecule has 0 unspecified atom stereocenters. The van der Waals surface area contributed by atoms with Gasteiger partial charge in [-0.15, -0.1) is 0 Å². The van der Waals surface area contributed by atoms with Crippen LogP contribution in [0.5, 0.6) is 17.2 Å². The van der Waals surface area contributed by atoms with E-state index >= 15 is 0 Å². The fourth-order valence-electron chi connectivity index (χ4n) is 2.09. The molecule has 140 valence electrons. The van der Waals surface area contributed by atoms with Gasteiger partial charge in [0, 0.05) is 12.6 Å². The molecule has 1 N–H and O–H groups in total. The molecule has 26 heavy (non-hydrogen) atoms. The molecule has 1 aromatic heterocycles. The third kappa shape index (κ3) is 4.45. The highest BCUT2D eigenvalue weighted by molar-refractivity contribution is 6.32. The maximum Gasteiger partial charge on any atom is 0.287 e. The van der Waals surface area contributed by atoms with Gasteiger partial charge in [-0.05, 0) is 18.6 Å². The van der Waals surface area contributed by atoms with E-state index in [0.717, 1.165) is 11.1 Å². The molecule has 0 bridgehead atoms. The Bertz CT molecular complexity index is 826. The van der Waals surface area contributed by atoms with Crippen molar-refractivity contribution in [1.82, 2.24) is 9.78 Å². The minimum absolute atomic E-state index is 0.0122. The number of hydrogen-bond donors (Lipinski definition) is 1. The molecule has 0 fully saturated rings. The van der Waals surface area contributed by atoms with Crippen LogP contribution in [0.25, 0.3) is 0 Å². The highest BCUT2D eigenvalue weighted by atomic mass is 35.5. The molecule has 0 aliphatic heterocycles. The molecule has 2 rings (SSSR count). The molecule has 0 amide bonds. The number of rotatable bonds is 8. The molecule has 0 aliphatic carbocycles. The van der Waals surface area contributed by atoms with Gasteiger partial charge in [-0.25, -0.2) is 4.68 Å². The first-order chi connectivity index (χ1) is 12.5. The molecule has 0 radical (unpaired) electrons. The van der Waals surface area contributed by atoms with Crippen molar-refractivity contribution < 1.29 is 14.2 Å². The Hall–Kier alpha value is -2.74. The van der Waals surface area contributed by atoms with Gasteiger partial charge >= 0.3 is 0 Å². The lowest BCUT2D eigenvalue weighted by Crippen LogP contribution is -2.20. The van der Waals surface area contributed by atoms with Gasteiger partial charge in [0.15, 0.2) is 11.5 Å². The standard InChI is InChI=1S/C17H21ClN4O4/c1-5-6-26-16-13(24-3)7-11(8-14(16)25-4)9-19-21-12-10-20-22(2)17(23)15(12)18/h7-10,21H,5-6H2,1-4H3/b19-9-. The number of hydrazone groups is 1. The fourth-order valence-corrected chi connectivity index (χ4v) is 2.30. The molecule has 1 aromatic carbocycles. The van der Waals surface area contributed by atoms with Crippen LogP contribution >= 0.6 is 11.6 Å². The molecule has 0 atom stereocenters. The fraction of sp³-hybridized carbons (Fsp3) is 0.353. The molecule has 0 saturated carbocycles. The molecular formula is C17H21ClN4O4. The molecule has 8 nitrogen and oxygen atoms in total. The van der Waals surface area contributed by atoms with Gasteiger partial charge in [0.1, 0.15) is 10.7 Å². The van der Waals surface area contributed by atoms with Gasteiger partial charge in [-0.3, -0.25) is 10.2 Å². The maximum atomic E-state index is 11.7. The first kappa shape index (κ1) is 19.6. The number of methoxy groups -OCH3 is 2. The van der Waals surface area contributed by atoms with E-state index in [4.69, 9.17) is 25.8 Å². The van der Waals surface area contributed by atoms with Crippen molar-refractivity contribution in [2.45, 2.75) is 13.3 Å². The van der Waals surface area contributed by atoms with Gasteiger partial charge in [-0.2, -0.15) is 10.2 Å². The number of aryl methyl sites for hydroxylation is 1. The summed E-state index contributed by atoms with van der Waals surface area (Å²) in [7, 11) is 4.62. The summed E-state index contributed by atoms with van der Waals surface area (Å²) in [5.41, 5.74) is 3.32. The second kappa shape index (κ2) is 9.10. The Balaban J connectivity index is 2.25. The molecule has 2 aromatic rings. The van der Waals surface area contributed by atoms with Crippen LogP contribution in [0.2, 0.25) is 5.02 Å². The Morgan fingerprint density at radius 1 is 1.31 bits per heavy atom. The molecule has 0 saturated heterocycles. The van der Waals surface area contributed by atoms with E-state index in [-0.39, 0.29) is 5.02 Å². The molecule has 9 heteroatoms. The number of aromatic nitrogens is 2. The largest absolute Gasteiger partial charge is 0.493 e. The van der Waals surface area contributed by atoms with E-state index < -0.39 is 5.56 Å². The van der Waals surface area contributed by atoms with Crippen LogP contribution in [0.1, 0.15) is 18.9 Å². The summed E-state index contributed by atoms with van der Waals surface area (Å²) < 4.78 is 17.6. The van der Waals surface area contributed by atoms with E-state index in [1.807, 2.05) is 6.92 Å². The van der Waals surface area contributed by atoms with Crippen LogP contribution in [-0.4, -0.2) is 36.8 Å². The SMILES string of the molecule is CCCOc1c(OC)cc(/C=N\Nc2cnn(C)c(=O)c2Cl)cc1OC. The predicted molar refractivity (Wildman–Crippen MR) is 101 cm³/mol. The Morgan fingerprint density at radius 2 is 1.96 bits per heavy atom. The minimum Gasteiger partial charge on any atom is -0.493 e. The van der Waals surface area contributed by atoms with Crippen molar-refractivity contribution >= 4 is 23.5 Å². The average Bonchev–Trinajstić information content (AvgIpc) is 2.66. The predicted octanol–water partition coefficient (Wildman–Crippen LogP) is 2.69. The summed E-state index contributed by atoms with van der Waals surface area (Å²) in [5.74, 6) is 1.61. The zero-order chi connectivity index (χ0) is 19.1. The van der Waals surface area contributed by atoms with Crippen molar-refractivity contribution in [1.29, 1.82) is 0 Å². The van der Waals surface area contributed by atoms with Crippen molar-refractivity contribution in [3.8, 4) is 17.2 Å². The monoisotopic (exact) mass is 380 g/mol. The molecule has 1 heterocycles. The Labute approximate surface area is 156 Å². The van der Waals surface area contributed by atoms with Gasteiger partial charge in [0.05, 0.1) is 33.2 Å². The lowest BCUT2D eigenvalue weighted by atomic mass is 10.2. The van der Waals surface area contributed by atoms with Gasteiger partial charge in [0.25, 0.3) is 5.56 Å². The molecular weight excluding hydrogens is 360 g/mol. The summed E-state index contributed by atoms with van der Waals surface area (Å²) in [4.78, 5) is 11.7. The quantitative estimate of drug-likeness (QED) is 0.559.